The Morgan fingerprint density at radius 1 is 1.26 bits per heavy atom. The van der Waals surface area contributed by atoms with E-state index in [1.54, 1.807) is 19.5 Å². The van der Waals surface area contributed by atoms with Crippen LogP contribution in [0.2, 0.25) is 0 Å². The summed E-state index contributed by atoms with van der Waals surface area (Å²) in [5.41, 5.74) is 1.65. The average molecular weight is 309 g/mol. The lowest BCUT2D eigenvalue weighted by Gasteiger charge is -2.44. The van der Waals surface area contributed by atoms with E-state index >= 15 is 0 Å². The van der Waals surface area contributed by atoms with Crippen molar-refractivity contribution < 1.29 is 4.74 Å². The van der Waals surface area contributed by atoms with E-state index in [4.69, 9.17) is 10.00 Å². The first-order chi connectivity index (χ1) is 11.2. The molecule has 0 N–H and O–H groups in total. The Morgan fingerprint density at radius 2 is 1.96 bits per heavy atom. The second kappa shape index (κ2) is 6.63. The van der Waals surface area contributed by atoms with Gasteiger partial charge in [0, 0.05) is 38.1 Å². The van der Waals surface area contributed by atoms with Crippen molar-refractivity contribution in [2.24, 2.45) is 0 Å². The number of methoxy groups -OCH3 is 1. The van der Waals surface area contributed by atoms with Crippen LogP contribution >= 0.6 is 0 Å². The van der Waals surface area contributed by atoms with Gasteiger partial charge in [0.2, 0.25) is 0 Å². The zero-order valence-electron chi connectivity index (χ0n) is 13.3. The quantitative estimate of drug-likeness (QED) is 0.837. The lowest BCUT2D eigenvalue weighted by Crippen LogP contribution is -2.58. The summed E-state index contributed by atoms with van der Waals surface area (Å²) in [6, 6.07) is 10.7. The van der Waals surface area contributed by atoms with Crippen molar-refractivity contribution in [1.29, 1.82) is 5.26 Å². The molecule has 23 heavy (non-hydrogen) atoms. The van der Waals surface area contributed by atoms with Crippen LogP contribution in [0.5, 0.6) is 5.75 Å². The minimum atomic E-state index is 0.392. The number of aromatic nitrogens is 2. The molecule has 0 aliphatic carbocycles. The topological polar surface area (TPSA) is 65.3 Å². The van der Waals surface area contributed by atoms with E-state index in [1.807, 2.05) is 12.1 Å². The van der Waals surface area contributed by atoms with E-state index in [0.717, 1.165) is 25.4 Å². The van der Waals surface area contributed by atoms with Gasteiger partial charge in [0.05, 0.1) is 7.11 Å². The van der Waals surface area contributed by atoms with Crippen LogP contribution in [-0.2, 0) is 6.54 Å². The largest absolute Gasteiger partial charge is 0.497 e. The standard InChI is InChI=1S/C17H19N5O/c1-21(10-13-3-5-15(23-2)6-4-13)14-11-22(12-14)17-16(9-18)19-7-8-20-17/h3-8,14H,10-12H2,1-2H3. The number of hydrogen-bond acceptors (Lipinski definition) is 6. The van der Waals surface area contributed by atoms with Gasteiger partial charge in [-0.3, -0.25) is 4.90 Å². The smallest absolute Gasteiger partial charge is 0.183 e. The fraction of sp³-hybridized carbons (Fsp3) is 0.353. The number of benzene rings is 1. The van der Waals surface area contributed by atoms with Crippen LogP contribution in [0.1, 0.15) is 11.3 Å². The van der Waals surface area contributed by atoms with Gasteiger partial charge in [-0.05, 0) is 24.7 Å². The fourth-order valence-electron chi connectivity index (χ4n) is 2.70. The van der Waals surface area contributed by atoms with Crippen LogP contribution in [0.4, 0.5) is 5.82 Å². The number of anilines is 1. The zero-order chi connectivity index (χ0) is 16.2. The molecule has 1 saturated heterocycles. The van der Waals surface area contributed by atoms with Gasteiger partial charge < -0.3 is 9.64 Å². The van der Waals surface area contributed by atoms with Crippen LogP contribution < -0.4 is 9.64 Å². The second-order valence-corrected chi connectivity index (χ2v) is 5.66. The van der Waals surface area contributed by atoms with Crippen LogP contribution in [-0.4, -0.2) is 48.2 Å². The fourth-order valence-corrected chi connectivity index (χ4v) is 2.70. The molecule has 2 heterocycles. The lowest BCUT2D eigenvalue weighted by atomic mass is 10.1. The van der Waals surface area contributed by atoms with E-state index in [-0.39, 0.29) is 0 Å². The monoisotopic (exact) mass is 309 g/mol. The van der Waals surface area contributed by atoms with Gasteiger partial charge >= 0.3 is 0 Å². The molecule has 0 spiro atoms. The van der Waals surface area contributed by atoms with Crippen molar-refractivity contribution in [3.05, 3.63) is 47.9 Å². The summed E-state index contributed by atoms with van der Waals surface area (Å²) in [6.07, 6.45) is 3.18. The Labute approximate surface area is 136 Å². The van der Waals surface area contributed by atoms with Gasteiger partial charge in [-0.2, -0.15) is 5.26 Å². The Morgan fingerprint density at radius 3 is 2.61 bits per heavy atom. The highest BCUT2D eigenvalue weighted by Crippen LogP contribution is 2.24. The molecular formula is C17H19N5O. The first-order valence-electron chi connectivity index (χ1n) is 7.50. The zero-order valence-corrected chi connectivity index (χ0v) is 13.3. The number of rotatable bonds is 5. The van der Waals surface area contributed by atoms with E-state index < -0.39 is 0 Å². The number of hydrogen-bond donors (Lipinski definition) is 0. The highest BCUT2D eigenvalue weighted by molar-refractivity contribution is 5.51. The minimum Gasteiger partial charge on any atom is -0.497 e. The summed E-state index contributed by atoms with van der Waals surface area (Å²) in [5, 5.41) is 9.10. The van der Waals surface area contributed by atoms with Crippen molar-refractivity contribution >= 4 is 5.82 Å². The van der Waals surface area contributed by atoms with Gasteiger partial charge in [-0.25, -0.2) is 9.97 Å². The third-order valence-corrected chi connectivity index (χ3v) is 4.16. The number of ether oxygens (including phenoxy) is 1. The highest BCUT2D eigenvalue weighted by Gasteiger charge is 2.32. The van der Waals surface area contributed by atoms with Gasteiger partial charge in [0.1, 0.15) is 11.8 Å². The van der Waals surface area contributed by atoms with Crippen molar-refractivity contribution in [3.8, 4) is 11.8 Å². The molecule has 0 unspecified atom stereocenters. The van der Waals surface area contributed by atoms with E-state index in [1.165, 1.54) is 5.56 Å². The van der Waals surface area contributed by atoms with Crippen molar-refractivity contribution in [2.75, 3.05) is 32.1 Å². The normalized spacial score (nSPS) is 14.4. The second-order valence-electron chi connectivity index (χ2n) is 5.66. The molecule has 0 amide bonds. The van der Waals surface area contributed by atoms with Crippen LogP contribution in [0.25, 0.3) is 0 Å². The molecular weight excluding hydrogens is 290 g/mol. The molecule has 1 aliphatic heterocycles. The van der Waals surface area contributed by atoms with Crippen molar-refractivity contribution in [2.45, 2.75) is 12.6 Å². The van der Waals surface area contributed by atoms with Gasteiger partial charge in [0.25, 0.3) is 0 Å². The van der Waals surface area contributed by atoms with Crippen LogP contribution in [0.15, 0.2) is 36.7 Å². The molecule has 0 saturated carbocycles. The first kappa shape index (κ1) is 15.3. The minimum absolute atomic E-state index is 0.392. The predicted octanol–water partition coefficient (Wildman–Crippen LogP) is 1.68. The van der Waals surface area contributed by atoms with E-state index in [2.05, 4.69) is 45.0 Å². The maximum Gasteiger partial charge on any atom is 0.183 e. The summed E-state index contributed by atoms with van der Waals surface area (Å²) in [6.45, 7) is 2.61. The highest BCUT2D eigenvalue weighted by atomic mass is 16.5. The van der Waals surface area contributed by atoms with Crippen LogP contribution in [0, 0.1) is 11.3 Å². The average Bonchev–Trinajstić information content (AvgIpc) is 2.54. The molecule has 3 rings (SSSR count). The van der Waals surface area contributed by atoms with Crippen molar-refractivity contribution in [1.82, 2.24) is 14.9 Å². The molecule has 6 heteroatoms. The summed E-state index contributed by atoms with van der Waals surface area (Å²) in [7, 11) is 3.79. The van der Waals surface area contributed by atoms with Crippen LogP contribution in [0.3, 0.4) is 0 Å². The number of nitrogens with zero attached hydrogens (tertiary/aromatic N) is 5. The third-order valence-electron chi connectivity index (χ3n) is 4.16. The third kappa shape index (κ3) is 3.25. The Bertz CT molecular complexity index is 704. The predicted molar refractivity (Wildman–Crippen MR) is 87.2 cm³/mol. The van der Waals surface area contributed by atoms with Gasteiger partial charge in [-0.15, -0.1) is 0 Å². The molecule has 0 radical (unpaired) electrons. The Kier molecular flexibility index (Phi) is 4.40. The molecule has 6 nitrogen and oxygen atoms in total. The lowest BCUT2D eigenvalue weighted by molar-refractivity contribution is 0.196. The SMILES string of the molecule is COc1ccc(CN(C)C2CN(c3nccnc3C#N)C2)cc1. The van der Waals surface area contributed by atoms with E-state index in [9.17, 15) is 0 Å². The molecule has 1 fully saturated rings. The summed E-state index contributed by atoms with van der Waals surface area (Å²) >= 11 is 0. The molecule has 1 aromatic carbocycles. The molecule has 1 aromatic heterocycles. The molecule has 2 aromatic rings. The maximum absolute atomic E-state index is 9.10. The summed E-state index contributed by atoms with van der Waals surface area (Å²) < 4.78 is 5.18. The summed E-state index contributed by atoms with van der Waals surface area (Å²) in [5.74, 6) is 1.56. The van der Waals surface area contributed by atoms with Crippen molar-refractivity contribution in [3.63, 3.8) is 0 Å². The number of likely N-dealkylation sites (N-methyl/N-ethyl adjacent to an activating group) is 1. The molecule has 1 aliphatic rings. The Balaban J connectivity index is 1.57. The molecule has 0 bridgehead atoms. The summed E-state index contributed by atoms with van der Waals surface area (Å²) in [4.78, 5) is 12.8. The first-order valence-corrected chi connectivity index (χ1v) is 7.50. The van der Waals surface area contributed by atoms with E-state index in [0.29, 0.717) is 17.6 Å². The van der Waals surface area contributed by atoms with Gasteiger partial charge in [-0.1, -0.05) is 12.1 Å². The Hall–Kier alpha value is -2.65. The number of nitriles is 1. The molecule has 0 atom stereocenters. The maximum atomic E-state index is 9.10. The molecule has 118 valence electrons. The van der Waals surface area contributed by atoms with Gasteiger partial charge in [0.15, 0.2) is 11.5 Å².